The summed E-state index contributed by atoms with van der Waals surface area (Å²) in [5, 5.41) is 3.12. The molecule has 0 aromatic heterocycles. The van der Waals surface area contributed by atoms with Crippen LogP contribution in [0.3, 0.4) is 0 Å². The van der Waals surface area contributed by atoms with Crippen molar-refractivity contribution in [3.05, 3.63) is 89.7 Å². The number of alkyl halides is 3. The molecule has 7 nitrogen and oxygen atoms in total. The molecule has 1 aliphatic rings. The monoisotopic (exact) mass is 564 g/mol. The van der Waals surface area contributed by atoms with Crippen molar-refractivity contribution in [2.75, 3.05) is 43.9 Å². The number of hydrogen-bond donors (Lipinski definition) is 1. The van der Waals surface area contributed by atoms with Crippen LogP contribution in [0.25, 0.3) is 0 Å². The molecular formula is C27H26F4N3O4S+. The molecule has 1 heterocycles. The van der Waals surface area contributed by atoms with Gasteiger partial charge in [0.25, 0.3) is 5.91 Å². The normalized spacial score (nSPS) is 15.5. The lowest BCUT2D eigenvalue weighted by molar-refractivity contribution is -0.137. The number of anilines is 1. The number of halogens is 4. The average Bonchev–Trinajstić information content (AvgIpc) is 2.91. The molecule has 4 rings (SSSR count). The zero-order valence-electron chi connectivity index (χ0n) is 20.9. The van der Waals surface area contributed by atoms with Gasteiger partial charge in [-0.1, -0.05) is 18.2 Å². The highest BCUT2D eigenvalue weighted by Gasteiger charge is 2.45. The summed E-state index contributed by atoms with van der Waals surface area (Å²) in [6.45, 7) is 0.480. The number of nitrogens with zero attached hydrogens (tertiary/aromatic N) is 2. The van der Waals surface area contributed by atoms with Gasteiger partial charge in [0.15, 0.2) is 15.5 Å². The van der Waals surface area contributed by atoms with Gasteiger partial charge in [-0.3, -0.25) is 9.69 Å². The number of para-hydroxylation sites is 1. The standard InChI is InChI=1S/C27H26F4N3O4S/c1-39(37,38)24-17-21(28)11-12-23(24)34(15-13-32-14-16-34)25(35)18-33(22-5-3-2-4-6-22)26(36)19-7-9-20(10-8-19)27(29,30)31/h2-12,17,32H,13-16,18H2,1H3/q+1. The average molecular weight is 565 g/mol. The Morgan fingerprint density at radius 1 is 0.949 bits per heavy atom. The minimum Gasteiger partial charge on any atom is -0.306 e. The third kappa shape index (κ3) is 6.02. The second kappa shape index (κ2) is 10.9. The Kier molecular flexibility index (Phi) is 7.92. The molecular weight excluding hydrogens is 538 g/mol. The molecule has 1 N–H and O–H groups in total. The third-order valence-corrected chi connectivity index (χ3v) is 7.79. The zero-order valence-corrected chi connectivity index (χ0v) is 21.7. The van der Waals surface area contributed by atoms with Crippen LogP contribution in [-0.4, -0.2) is 59.2 Å². The van der Waals surface area contributed by atoms with E-state index in [4.69, 9.17) is 0 Å². The number of carbonyl (C=O) groups is 2. The second-order valence-corrected chi connectivity index (χ2v) is 11.2. The molecule has 3 aromatic rings. The second-order valence-electron chi connectivity index (χ2n) is 9.24. The summed E-state index contributed by atoms with van der Waals surface area (Å²) in [7, 11) is -3.93. The maximum atomic E-state index is 14.1. The first kappa shape index (κ1) is 28.4. The fraction of sp³-hybridized carbons (Fsp3) is 0.259. The van der Waals surface area contributed by atoms with E-state index in [1.165, 1.54) is 6.07 Å². The largest absolute Gasteiger partial charge is 0.416 e. The van der Waals surface area contributed by atoms with Crippen molar-refractivity contribution in [2.45, 2.75) is 11.1 Å². The minimum atomic E-state index is -4.58. The molecule has 206 valence electrons. The number of benzene rings is 3. The van der Waals surface area contributed by atoms with Crippen LogP contribution in [0.2, 0.25) is 0 Å². The predicted molar refractivity (Wildman–Crippen MR) is 138 cm³/mol. The Hall–Kier alpha value is -3.61. The van der Waals surface area contributed by atoms with E-state index in [0.29, 0.717) is 18.8 Å². The van der Waals surface area contributed by atoms with Crippen molar-refractivity contribution >= 4 is 33.0 Å². The highest BCUT2D eigenvalue weighted by molar-refractivity contribution is 7.90. The minimum absolute atomic E-state index is 0.0647. The van der Waals surface area contributed by atoms with E-state index in [-0.39, 0.29) is 29.2 Å². The molecule has 0 bridgehead atoms. The van der Waals surface area contributed by atoms with Crippen molar-refractivity contribution in [1.82, 2.24) is 9.80 Å². The van der Waals surface area contributed by atoms with Gasteiger partial charge in [0.1, 0.15) is 30.3 Å². The van der Waals surface area contributed by atoms with Crippen LogP contribution in [0.15, 0.2) is 77.7 Å². The number of amides is 2. The molecule has 0 radical (unpaired) electrons. The predicted octanol–water partition coefficient (Wildman–Crippen LogP) is 4.03. The first-order valence-electron chi connectivity index (χ1n) is 12.0. The summed E-state index contributed by atoms with van der Waals surface area (Å²) in [6.07, 6.45) is -3.65. The number of quaternary nitrogens is 1. The molecule has 0 aliphatic carbocycles. The van der Waals surface area contributed by atoms with E-state index >= 15 is 0 Å². The summed E-state index contributed by atoms with van der Waals surface area (Å²) in [4.78, 5) is 28.5. The van der Waals surface area contributed by atoms with E-state index in [0.717, 1.165) is 47.6 Å². The number of rotatable bonds is 6. The van der Waals surface area contributed by atoms with Gasteiger partial charge in [0.05, 0.1) is 5.56 Å². The number of carbonyl (C=O) groups excluding carboxylic acids is 2. The lowest BCUT2D eigenvalue weighted by Crippen LogP contribution is -2.65. The Morgan fingerprint density at radius 3 is 2.13 bits per heavy atom. The summed E-state index contributed by atoms with van der Waals surface area (Å²) in [6, 6.07) is 15.1. The van der Waals surface area contributed by atoms with Crippen LogP contribution >= 0.6 is 0 Å². The van der Waals surface area contributed by atoms with Gasteiger partial charge in [0, 0.05) is 36.7 Å². The fourth-order valence-corrected chi connectivity index (χ4v) is 5.61. The summed E-state index contributed by atoms with van der Waals surface area (Å²) >= 11 is 0. The van der Waals surface area contributed by atoms with Crippen molar-refractivity contribution in [1.29, 1.82) is 0 Å². The molecule has 3 aromatic carbocycles. The molecule has 1 saturated heterocycles. The van der Waals surface area contributed by atoms with Crippen LogP contribution < -0.4 is 14.7 Å². The number of nitrogens with one attached hydrogen (secondary N) is 1. The van der Waals surface area contributed by atoms with Crippen molar-refractivity contribution in [2.24, 2.45) is 0 Å². The Bertz CT molecular complexity index is 1470. The summed E-state index contributed by atoms with van der Waals surface area (Å²) < 4.78 is 78.0. The van der Waals surface area contributed by atoms with Gasteiger partial charge in [-0.15, -0.1) is 0 Å². The van der Waals surface area contributed by atoms with Crippen LogP contribution in [-0.2, 0) is 20.8 Å². The maximum absolute atomic E-state index is 14.1. The van der Waals surface area contributed by atoms with Gasteiger partial charge in [-0.25, -0.2) is 22.1 Å². The van der Waals surface area contributed by atoms with E-state index in [9.17, 15) is 35.6 Å². The lowest BCUT2D eigenvalue weighted by Gasteiger charge is -2.40. The molecule has 0 spiro atoms. The first-order valence-corrected chi connectivity index (χ1v) is 13.9. The Morgan fingerprint density at radius 2 is 1.56 bits per heavy atom. The molecule has 2 amide bonds. The highest BCUT2D eigenvalue weighted by atomic mass is 32.2. The first-order chi connectivity index (χ1) is 18.3. The molecule has 1 aliphatic heterocycles. The number of sulfone groups is 1. The number of hydrogen-bond acceptors (Lipinski definition) is 5. The van der Waals surface area contributed by atoms with Gasteiger partial charge >= 0.3 is 12.1 Å². The van der Waals surface area contributed by atoms with Crippen molar-refractivity contribution in [3.63, 3.8) is 0 Å². The SMILES string of the molecule is CS(=O)(=O)c1cc(F)ccc1[N+]1(C(=O)CN(C(=O)c2ccc(C(F)(F)F)cc2)c2ccccc2)CCNCC1. The Balaban J connectivity index is 1.77. The van der Waals surface area contributed by atoms with Gasteiger partial charge in [-0.2, -0.15) is 13.2 Å². The van der Waals surface area contributed by atoms with Crippen molar-refractivity contribution < 1.29 is 35.6 Å². The molecule has 0 atom stereocenters. The quantitative estimate of drug-likeness (QED) is 0.361. The van der Waals surface area contributed by atoms with Gasteiger partial charge in [-0.05, 0) is 48.5 Å². The van der Waals surface area contributed by atoms with Crippen LogP contribution in [0.1, 0.15) is 15.9 Å². The molecule has 12 heteroatoms. The third-order valence-electron chi connectivity index (χ3n) is 6.67. The van der Waals surface area contributed by atoms with E-state index in [1.54, 1.807) is 30.3 Å². The maximum Gasteiger partial charge on any atom is 0.416 e. The van der Waals surface area contributed by atoms with E-state index in [2.05, 4.69) is 5.32 Å². The van der Waals surface area contributed by atoms with E-state index in [1.807, 2.05) is 0 Å². The summed E-state index contributed by atoms with van der Waals surface area (Å²) in [5.74, 6) is -2.01. The zero-order chi connectivity index (χ0) is 28.4. The molecule has 0 saturated carbocycles. The fourth-order valence-electron chi connectivity index (χ4n) is 4.66. The van der Waals surface area contributed by atoms with E-state index < -0.39 is 50.2 Å². The molecule has 1 fully saturated rings. The van der Waals surface area contributed by atoms with Crippen LogP contribution in [0, 0.1) is 5.82 Å². The lowest BCUT2D eigenvalue weighted by atomic mass is 10.1. The topological polar surface area (TPSA) is 83.6 Å². The number of piperazine rings is 1. The van der Waals surface area contributed by atoms with Crippen molar-refractivity contribution in [3.8, 4) is 0 Å². The molecule has 0 unspecified atom stereocenters. The smallest absolute Gasteiger partial charge is 0.306 e. The highest BCUT2D eigenvalue weighted by Crippen LogP contribution is 2.34. The summed E-state index contributed by atoms with van der Waals surface area (Å²) in [5.41, 5.74) is -0.562. The van der Waals surface area contributed by atoms with Crippen LogP contribution in [0.4, 0.5) is 28.9 Å². The van der Waals surface area contributed by atoms with Crippen LogP contribution in [0.5, 0.6) is 0 Å². The van der Waals surface area contributed by atoms with Gasteiger partial charge < -0.3 is 5.32 Å². The van der Waals surface area contributed by atoms with Gasteiger partial charge in [0.2, 0.25) is 0 Å². The molecule has 39 heavy (non-hydrogen) atoms. The Labute approximate surface area is 223 Å².